The van der Waals surface area contributed by atoms with Crippen LogP contribution in [0.5, 0.6) is 0 Å². The number of hydrogen-bond donors (Lipinski definition) is 0. The fourth-order valence-corrected chi connectivity index (χ4v) is 1.91. The molecule has 72 valence electrons. The standard InChI is InChI=1S/C10H16N2O/c1-7(2)10-6-13-5-9-4-11-8(3)12(9)10/h4,7,10H,5-6H2,1-3H3. The van der Waals surface area contributed by atoms with Crippen LogP contribution in [0.1, 0.15) is 31.4 Å². The van der Waals surface area contributed by atoms with E-state index in [0.29, 0.717) is 18.6 Å². The van der Waals surface area contributed by atoms with E-state index in [1.807, 2.05) is 6.20 Å². The molecule has 0 spiro atoms. The summed E-state index contributed by atoms with van der Waals surface area (Å²) < 4.78 is 7.84. The first-order valence-electron chi connectivity index (χ1n) is 4.80. The van der Waals surface area contributed by atoms with Crippen molar-refractivity contribution in [3.63, 3.8) is 0 Å². The zero-order valence-corrected chi connectivity index (χ0v) is 8.45. The Morgan fingerprint density at radius 1 is 1.62 bits per heavy atom. The van der Waals surface area contributed by atoms with E-state index in [-0.39, 0.29) is 0 Å². The molecular weight excluding hydrogens is 164 g/mol. The highest BCUT2D eigenvalue weighted by Gasteiger charge is 2.24. The maximum absolute atomic E-state index is 5.52. The molecule has 0 saturated heterocycles. The maximum Gasteiger partial charge on any atom is 0.106 e. The lowest BCUT2D eigenvalue weighted by Gasteiger charge is -2.29. The third kappa shape index (κ3) is 1.37. The Hall–Kier alpha value is -0.830. The summed E-state index contributed by atoms with van der Waals surface area (Å²) in [5, 5.41) is 0. The van der Waals surface area contributed by atoms with Crippen molar-refractivity contribution in [3.05, 3.63) is 17.7 Å². The van der Waals surface area contributed by atoms with E-state index < -0.39 is 0 Å². The summed E-state index contributed by atoms with van der Waals surface area (Å²) >= 11 is 0. The van der Waals surface area contributed by atoms with Gasteiger partial charge in [-0.1, -0.05) is 13.8 Å². The molecule has 1 aromatic rings. The Labute approximate surface area is 78.7 Å². The average Bonchev–Trinajstić information content (AvgIpc) is 2.48. The Kier molecular flexibility index (Phi) is 2.12. The summed E-state index contributed by atoms with van der Waals surface area (Å²) in [4.78, 5) is 4.31. The lowest BCUT2D eigenvalue weighted by molar-refractivity contribution is 0.0417. The van der Waals surface area contributed by atoms with E-state index in [4.69, 9.17) is 4.74 Å². The minimum atomic E-state index is 0.464. The van der Waals surface area contributed by atoms with Crippen molar-refractivity contribution in [2.45, 2.75) is 33.4 Å². The summed E-state index contributed by atoms with van der Waals surface area (Å²) in [6.45, 7) is 8.04. The van der Waals surface area contributed by atoms with Crippen molar-refractivity contribution < 1.29 is 4.74 Å². The van der Waals surface area contributed by atoms with Crippen molar-refractivity contribution in [2.75, 3.05) is 6.61 Å². The highest BCUT2D eigenvalue weighted by molar-refractivity contribution is 5.07. The first kappa shape index (κ1) is 8.75. The second-order valence-corrected chi connectivity index (χ2v) is 3.99. The minimum Gasteiger partial charge on any atom is -0.373 e. The van der Waals surface area contributed by atoms with Gasteiger partial charge in [0.05, 0.1) is 31.1 Å². The van der Waals surface area contributed by atoms with Crippen LogP contribution in [0.4, 0.5) is 0 Å². The monoisotopic (exact) mass is 180 g/mol. The summed E-state index contributed by atoms with van der Waals surface area (Å²) in [7, 11) is 0. The van der Waals surface area contributed by atoms with Crippen LogP contribution < -0.4 is 0 Å². The quantitative estimate of drug-likeness (QED) is 0.660. The Morgan fingerprint density at radius 3 is 3.08 bits per heavy atom. The lowest BCUT2D eigenvalue weighted by Crippen LogP contribution is -2.28. The van der Waals surface area contributed by atoms with Crippen LogP contribution in [-0.2, 0) is 11.3 Å². The SMILES string of the molecule is Cc1ncc2n1C(C(C)C)COC2. The molecule has 1 aliphatic heterocycles. The first-order valence-corrected chi connectivity index (χ1v) is 4.80. The molecule has 0 N–H and O–H groups in total. The second-order valence-electron chi connectivity index (χ2n) is 3.99. The van der Waals surface area contributed by atoms with Crippen LogP contribution in [0.25, 0.3) is 0 Å². The van der Waals surface area contributed by atoms with Crippen molar-refractivity contribution in [1.29, 1.82) is 0 Å². The van der Waals surface area contributed by atoms with Crippen LogP contribution in [0.3, 0.4) is 0 Å². The smallest absolute Gasteiger partial charge is 0.106 e. The van der Waals surface area contributed by atoms with Gasteiger partial charge in [-0.15, -0.1) is 0 Å². The number of aromatic nitrogens is 2. The van der Waals surface area contributed by atoms with E-state index >= 15 is 0 Å². The second kappa shape index (κ2) is 3.14. The molecule has 3 nitrogen and oxygen atoms in total. The molecule has 0 fully saturated rings. The van der Waals surface area contributed by atoms with Gasteiger partial charge in [-0.2, -0.15) is 0 Å². The van der Waals surface area contributed by atoms with Crippen LogP contribution in [0.15, 0.2) is 6.20 Å². The maximum atomic E-state index is 5.52. The molecule has 0 aliphatic carbocycles. The van der Waals surface area contributed by atoms with Gasteiger partial charge in [0.2, 0.25) is 0 Å². The summed E-state index contributed by atoms with van der Waals surface area (Å²) in [5.41, 5.74) is 1.21. The number of fused-ring (bicyclic) bond motifs is 1. The van der Waals surface area contributed by atoms with Crippen molar-refractivity contribution in [2.24, 2.45) is 5.92 Å². The largest absolute Gasteiger partial charge is 0.373 e. The molecule has 1 unspecified atom stereocenters. The molecule has 0 bridgehead atoms. The molecule has 13 heavy (non-hydrogen) atoms. The van der Waals surface area contributed by atoms with E-state index in [9.17, 15) is 0 Å². The molecule has 1 aromatic heterocycles. The molecule has 2 rings (SSSR count). The van der Waals surface area contributed by atoms with Gasteiger partial charge in [0.15, 0.2) is 0 Å². The van der Waals surface area contributed by atoms with Crippen molar-refractivity contribution in [1.82, 2.24) is 9.55 Å². The van der Waals surface area contributed by atoms with Gasteiger partial charge in [0.25, 0.3) is 0 Å². The fourth-order valence-electron chi connectivity index (χ4n) is 1.91. The van der Waals surface area contributed by atoms with Gasteiger partial charge in [-0.3, -0.25) is 0 Å². The predicted molar refractivity (Wildman–Crippen MR) is 50.5 cm³/mol. The average molecular weight is 180 g/mol. The van der Waals surface area contributed by atoms with Gasteiger partial charge >= 0.3 is 0 Å². The van der Waals surface area contributed by atoms with E-state index in [1.54, 1.807) is 0 Å². The zero-order chi connectivity index (χ0) is 9.42. The summed E-state index contributed by atoms with van der Waals surface area (Å²) in [6, 6.07) is 0.464. The molecule has 1 atom stereocenters. The molecular formula is C10H16N2O. The Bertz CT molecular complexity index is 304. The number of rotatable bonds is 1. The zero-order valence-electron chi connectivity index (χ0n) is 8.45. The molecule has 0 saturated carbocycles. The highest BCUT2D eigenvalue weighted by Crippen LogP contribution is 2.26. The third-order valence-electron chi connectivity index (χ3n) is 2.70. The Balaban J connectivity index is 2.40. The predicted octanol–water partition coefficient (Wildman–Crippen LogP) is 1.92. The first-order chi connectivity index (χ1) is 6.20. The Morgan fingerprint density at radius 2 is 2.38 bits per heavy atom. The van der Waals surface area contributed by atoms with Gasteiger partial charge in [-0.05, 0) is 12.8 Å². The number of imidazole rings is 1. The van der Waals surface area contributed by atoms with Crippen LogP contribution in [0, 0.1) is 12.8 Å². The molecule has 1 aliphatic rings. The summed E-state index contributed by atoms with van der Waals surface area (Å²) in [5.74, 6) is 1.71. The third-order valence-corrected chi connectivity index (χ3v) is 2.70. The van der Waals surface area contributed by atoms with Gasteiger partial charge < -0.3 is 9.30 Å². The molecule has 2 heterocycles. The van der Waals surface area contributed by atoms with Crippen LogP contribution in [0.2, 0.25) is 0 Å². The molecule has 0 amide bonds. The van der Waals surface area contributed by atoms with E-state index in [2.05, 4.69) is 30.3 Å². The molecule has 3 heteroatoms. The normalized spacial score (nSPS) is 22.0. The van der Waals surface area contributed by atoms with Gasteiger partial charge in [0.1, 0.15) is 5.82 Å². The van der Waals surface area contributed by atoms with Crippen molar-refractivity contribution >= 4 is 0 Å². The van der Waals surface area contributed by atoms with Crippen LogP contribution in [-0.4, -0.2) is 16.2 Å². The van der Waals surface area contributed by atoms with Crippen LogP contribution >= 0.6 is 0 Å². The minimum absolute atomic E-state index is 0.464. The summed E-state index contributed by atoms with van der Waals surface area (Å²) in [6.07, 6.45) is 1.92. The van der Waals surface area contributed by atoms with Crippen molar-refractivity contribution in [3.8, 4) is 0 Å². The highest BCUT2D eigenvalue weighted by atomic mass is 16.5. The lowest BCUT2D eigenvalue weighted by atomic mass is 10.0. The van der Waals surface area contributed by atoms with Gasteiger partial charge in [-0.25, -0.2) is 4.98 Å². The number of ether oxygens (including phenoxy) is 1. The fraction of sp³-hybridized carbons (Fsp3) is 0.700. The van der Waals surface area contributed by atoms with E-state index in [0.717, 1.165) is 12.4 Å². The topological polar surface area (TPSA) is 27.1 Å². The molecule has 0 radical (unpaired) electrons. The number of hydrogen-bond acceptors (Lipinski definition) is 2. The molecule has 0 aromatic carbocycles. The van der Waals surface area contributed by atoms with Gasteiger partial charge in [0, 0.05) is 0 Å². The van der Waals surface area contributed by atoms with E-state index in [1.165, 1.54) is 5.69 Å². The number of nitrogens with zero attached hydrogens (tertiary/aromatic N) is 2. The number of aryl methyl sites for hydroxylation is 1.